The van der Waals surface area contributed by atoms with Crippen LogP contribution in [-0.2, 0) is 13.5 Å². The molecule has 0 spiro atoms. The summed E-state index contributed by atoms with van der Waals surface area (Å²) in [6.45, 7) is 0.545. The molecule has 18 heavy (non-hydrogen) atoms. The van der Waals surface area contributed by atoms with E-state index < -0.39 is 6.10 Å². The molecule has 0 radical (unpaired) electrons. The average molecular weight is 244 g/mol. The Morgan fingerprint density at radius 3 is 3.00 bits per heavy atom. The van der Waals surface area contributed by atoms with Gasteiger partial charge < -0.3 is 9.84 Å². The summed E-state index contributed by atoms with van der Waals surface area (Å²) in [6, 6.07) is 9.85. The Labute approximate surface area is 106 Å². The zero-order valence-electron chi connectivity index (χ0n) is 10.3. The number of benzene rings is 1. The van der Waals surface area contributed by atoms with E-state index in [1.54, 1.807) is 10.9 Å². The summed E-state index contributed by atoms with van der Waals surface area (Å²) in [6.07, 6.45) is 2.00. The van der Waals surface area contributed by atoms with Crippen molar-refractivity contribution in [1.82, 2.24) is 9.78 Å². The molecule has 0 bridgehead atoms. The van der Waals surface area contributed by atoms with Crippen LogP contribution in [0.2, 0.25) is 0 Å². The standard InChI is InChI=1S/C14H16N2O2/c1-16-12(6-7-15-16)14(17)11-8-10-4-2-3-5-13(10)18-9-11/h2-7,11,14,17H,8-9H2,1H3. The fourth-order valence-electron chi connectivity index (χ4n) is 2.47. The number of hydrogen-bond donors (Lipinski definition) is 1. The fraction of sp³-hybridized carbons (Fsp3) is 0.357. The number of aliphatic hydroxyl groups is 1. The molecule has 3 rings (SSSR count). The van der Waals surface area contributed by atoms with Gasteiger partial charge in [0.2, 0.25) is 0 Å². The smallest absolute Gasteiger partial charge is 0.122 e. The third-order valence-corrected chi connectivity index (χ3v) is 3.52. The highest BCUT2D eigenvalue weighted by atomic mass is 16.5. The zero-order chi connectivity index (χ0) is 12.5. The summed E-state index contributed by atoms with van der Waals surface area (Å²) < 4.78 is 7.42. The molecular formula is C14H16N2O2. The maximum atomic E-state index is 10.4. The van der Waals surface area contributed by atoms with Crippen molar-refractivity contribution in [1.29, 1.82) is 0 Å². The highest BCUT2D eigenvalue weighted by Crippen LogP contribution is 2.33. The lowest BCUT2D eigenvalue weighted by molar-refractivity contribution is 0.0586. The summed E-state index contributed by atoms with van der Waals surface area (Å²) >= 11 is 0. The van der Waals surface area contributed by atoms with Gasteiger partial charge in [-0.1, -0.05) is 18.2 Å². The van der Waals surface area contributed by atoms with E-state index in [4.69, 9.17) is 4.74 Å². The van der Waals surface area contributed by atoms with Gasteiger partial charge >= 0.3 is 0 Å². The van der Waals surface area contributed by atoms with Crippen LogP contribution in [0.15, 0.2) is 36.5 Å². The van der Waals surface area contributed by atoms with Crippen LogP contribution >= 0.6 is 0 Å². The second-order valence-corrected chi connectivity index (χ2v) is 4.71. The van der Waals surface area contributed by atoms with Crippen LogP contribution < -0.4 is 4.74 Å². The summed E-state index contributed by atoms with van der Waals surface area (Å²) in [5, 5.41) is 14.5. The number of para-hydroxylation sites is 1. The number of aliphatic hydroxyl groups excluding tert-OH is 1. The average Bonchev–Trinajstić information content (AvgIpc) is 2.83. The number of nitrogens with zero attached hydrogens (tertiary/aromatic N) is 2. The van der Waals surface area contributed by atoms with E-state index in [-0.39, 0.29) is 5.92 Å². The number of fused-ring (bicyclic) bond motifs is 1. The van der Waals surface area contributed by atoms with Crippen LogP contribution in [0.3, 0.4) is 0 Å². The maximum absolute atomic E-state index is 10.4. The highest BCUT2D eigenvalue weighted by Gasteiger charge is 2.28. The van der Waals surface area contributed by atoms with Crippen LogP contribution in [0.25, 0.3) is 0 Å². The Kier molecular flexibility index (Phi) is 2.80. The van der Waals surface area contributed by atoms with Gasteiger partial charge in [-0.05, 0) is 24.1 Å². The Hall–Kier alpha value is -1.81. The Morgan fingerprint density at radius 1 is 1.39 bits per heavy atom. The molecule has 2 heterocycles. The topological polar surface area (TPSA) is 47.3 Å². The van der Waals surface area contributed by atoms with Crippen molar-refractivity contribution < 1.29 is 9.84 Å². The molecule has 1 aromatic heterocycles. The van der Waals surface area contributed by atoms with Crippen molar-refractivity contribution in [2.75, 3.05) is 6.61 Å². The highest BCUT2D eigenvalue weighted by molar-refractivity contribution is 5.35. The van der Waals surface area contributed by atoms with Gasteiger partial charge in [0.05, 0.1) is 12.3 Å². The second kappa shape index (κ2) is 4.46. The number of ether oxygens (including phenoxy) is 1. The molecule has 1 aliphatic heterocycles. The van der Waals surface area contributed by atoms with E-state index in [2.05, 4.69) is 11.2 Å². The van der Waals surface area contributed by atoms with E-state index in [1.807, 2.05) is 31.3 Å². The van der Waals surface area contributed by atoms with Crippen LogP contribution in [0.4, 0.5) is 0 Å². The fourth-order valence-corrected chi connectivity index (χ4v) is 2.47. The monoisotopic (exact) mass is 244 g/mol. The van der Waals surface area contributed by atoms with E-state index >= 15 is 0 Å². The first-order valence-electron chi connectivity index (χ1n) is 6.12. The Balaban J connectivity index is 1.82. The normalized spacial score (nSPS) is 20.0. The third-order valence-electron chi connectivity index (χ3n) is 3.52. The predicted molar refractivity (Wildman–Crippen MR) is 67.3 cm³/mol. The molecule has 2 atom stereocenters. The molecule has 1 aliphatic rings. The minimum Gasteiger partial charge on any atom is -0.493 e. The molecule has 1 aromatic carbocycles. The van der Waals surface area contributed by atoms with Crippen molar-refractivity contribution in [2.24, 2.45) is 13.0 Å². The van der Waals surface area contributed by atoms with E-state index in [0.29, 0.717) is 6.61 Å². The number of aryl methyl sites for hydroxylation is 1. The van der Waals surface area contributed by atoms with Gasteiger partial charge in [-0.3, -0.25) is 4.68 Å². The first-order valence-corrected chi connectivity index (χ1v) is 6.12. The summed E-state index contributed by atoms with van der Waals surface area (Å²) in [7, 11) is 1.84. The molecule has 0 saturated carbocycles. The molecule has 2 aromatic rings. The largest absolute Gasteiger partial charge is 0.493 e. The number of aromatic nitrogens is 2. The quantitative estimate of drug-likeness (QED) is 0.874. The summed E-state index contributed by atoms with van der Waals surface area (Å²) in [4.78, 5) is 0. The minimum atomic E-state index is -0.536. The van der Waals surface area contributed by atoms with E-state index in [9.17, 15) is 5.11 Å². The van der Waals surface area contributed by atoms with Crippen molar-refractivity contribution in [3.63, 3.8) is 0 Å². The second-order valence-electron chi connectivity index (χ2n) is 4.71. The molecule has 0 amide bonds. The van der Waals surface area contributed by atoms with Crippen LogP contribution in [-0.4, -0.2) is 21.5 Å². The lowest BCUT2D eigenvalue weighted by Gasteiger charge is -2.28. The van der Waals surface area contributed by atoms with Crippen molar-refractivity contribution >= 4 is 0 Å². The molecule has 2 unspecified atom stereocenters. The lowest BCUT2D eigenvalue weighted by atomic mass is 9.90. The Bertz CT molecular complexity index is 550. The molecule has 4 heteroatoms. The SMILES string of the molecule is Cn1nccc1C(O)C1COc2ccccc2C1. The van der Waals surface area contributed by atoms with Gasteiger partial charge in [-0.15, -0.1) is 0 Å². The molecule has 1 N–H and O–H groups in total. The molecular weight excluding hydrogens is 228 g/mol. The van der Waals surface area contributed by atoms with Gasteiger partial charge in [0.15, 0.2) is 0 Å². The van der Waals surface area contributed by atoms with Crippen LogP contribution in [0.5, 0.6) is 5.75 Å². The van der Waals surface area contributed by atoms with Crippen molar-refractivity contribution in [3.8, 4) is 5.75 Å². The first-order chi connectivity index (χ1) is 8.75. The van der Waals surface area contributed by atoms with Gasteiger partial charge in [-0.2, -0.15) is 5.10 Å². The van der Waals surface area contributed by atoms with E-state index in [1.165, 1.54) is 0 Å². The Morgan fingerprint density at radius 2 is 2.22 bits per heavy atom. The summed E-state index contributed by atoms with van der Waals surface area (Å²) in [5.41, 5.74) is 2.00. The van der Waals surface area contributed by atoms with Crippen LogP contribution in [0.1, 0.15) is 17.4 Å². The predicted octanol–water partition coefficient (Wildman–Crippen LogP) is 1.70. The van der Waals surface area contributed by atoms with Crippen molar-refractivity contribution in [3.05, 3.63) is 47.8 Å². The minimum absolute atomic E-state index is 0.0790. The molecule has 94 valence electrons. The van der Waals surface area contributed by atoms with Crippen molar-refractivity contribution in [2.45, 2.75) is 12.5 Å². The number of rotatable bonds is 2. The third kappa shape index (κ3) is 1.88. The van der Waals surface area contributed by atoms with Gasteiger partial charge in [0.25, 0.3) is 0 Å². The molecule has 0 fully saturated rings. The van der Waals surface area contributed by atoms with E-state index in [0.717, 1.165) is 23.4 Å². The number of hydrogen-bond acceptors (Lipinski definition) is 3. The summed E-state index contributed by atoms with van der Waals surface area (Å²) in [5.74, 6) is 1.02. The maximum Gasteiger partial charge on any atom is 0.122 e. The van der Waals surface area contributed by atoms with Gasteiger partial charge in [0, 0.05) is 19.2 Å². The van der Waals surface area contributed by atoms with Crippen LogP contribution in [0, 0.1) is 5.92 Å². The molecule has 4 nitrogen and oxygen atoms in total. The zero-order valence-corrected chi connectivity index (χ0v) is 10.3. The van der Waals surface area contributed by atoms with Gasteiger partial charge in [0.1, 0.15) is 11.9 Å². The molecule has 0 saturated heterocycles. The molecule has 0 aliphatic carbocycles. The first kappa shape index (κ1) is 11.3. The van der Waals surface area contributed by atoms with Gasteiger partial charge in [-0.25, -0.2) is 0 Å². The lowest BCUT2D eigenvalue weighted by Crippen LogP contribution is -2.27.